The predicted molar refractivity (Wildman–Crippen MR) is 147 cm³/mol. The number of hydrogen-bond donors (Lipinski definition) is 2. The van der Waals surface area contributed by atoms with Crippen LogP contribution in [0.2, 0.25) is 0 Å². The lowest BCUT2D eigenvalue weighted by atomic mass is 9.95. The summed E-state index contributed by atoms with van der Waals surface area (Å²) in [6.07, 6.45) is 5.75. The van der Waals surface area contributed by atoms with Gasteiger partial charge in [0.15, 0.2) is 0 Å². The molecule has 0 heterocycles. The molecule has 2 N–H and O–H groups in total. The SMILES string of the molecule is C#CN(C(=O)C(NC(=O)OC(C)(C)C)C(C)CC)C(C(=O)Nc1c(C)cccc1C)c1cccc(C)c1. The van der Waals surface area contributed by atoms with Crippen molar-refractivity contribution >= 4 is 23.6 Å². The molecule has 0 aromatic heterocycles. The largest absolute Gasteiger partial charge is 0.444 e. The summed E-state index contributed by atoms with van der Waals surface area (Å²) >= 11 is 0. The molecule has 198 valence electrons. The summed E-state index contributed by atoms with van der Waals surface area (Å²) < 4.78 is 5.39. The number of aryl methyl sites for hydroxylation is 3. The van der Waals surface area contributed by atoms with E-state index in [4.69, 9.17) is 11.2 Å². The van der Waals surface area contributed by atoms with Crippen LogP contribution in [0.25, 0.3) is 0 Å². The summed E-state index contributed by atoms with van der Waals surface area (Å²) in [6.45, 7) is 14.7. The first-order chi connectivity index (χ1) is 17.3. The number of nitrogens with zero attached hydrogens (tertiary/aromatic N) is 1. The minimum Gasteiger partial charge on any atom is -0.444 e. The minimum absolute atomic E-state index is 0.268. The van der Waals surface area contributed by atoms with Gasteiger partial charge in [0.1, 0.15) is 17.7 Å². The molecule has 3 amide bonds. The summed E-state index contributed by atoms with van der Waals surface area (Å²) in [5, 5.41) is 5.66. The molecular formula is C30H39N3O4. The summed E-state index contributed by atoms with van der Waals surface area (Å²) in [6, 6.07) is 13.3. The Morgan fingerprint density at radius 1 is 1.05 bits per heavy atom. The number of anilines is 1. The first kappa shape index (κ1) is 29.4. The zero-order chi connectivity index (χ0) is 27.9. The topological polar surface area (TPSA) is 87.7 Å². The van der Waals surface area contributed by atoms with Crippen LogP contribution in [0.3, 0.4) is 0 Å². The zero-order valence-electron chi connectivity index (χ0n) is 23.1. The van der Waals surface area contributed by atoms with Crippen LogP contribution in [0.5, 0.6) is 0 Å². The highest BCUT2D eigenvalue weighted by atomic mass is 16.6. The second kappa shape index (κ2) is 12.4. The van der Waals surface area contributed by atoms with E-state index in [0.717, 1.165) is 21.6 Å². The van der Waals surface area contributed by atoms with Crippen LogP contribution in [0, 0.1) is 39.2 Å². The molecule has 0 saturated heterocycles. The molecule has 2 rings (SSSR count). The van der Waals surface area contributed by atoms with Crippen molar-refractivity contribution in [3.8, 4) is 12.5 Å². The van der Waals surface area contributed by atoms with Crippen molar-refractivity contribution in [3.05, 3.63) is 64.7 Å². The van der Waals surface area contributed by atoms with E-state index in [2.05, 4.69) is 16.7 Å². The number of carbonyl (C=O) groups is 3. The molecule has 7 nitrogen and oxygen atoms in total. The third-order valence-corrected chi connectivity index (χ3v) is 6.12. The lowest BCUT2D eigenvalue weighted by Crippen LogP contribution is -2.53. The zero-order valence-corrected chi connectivity index (χ0v) is 23.1. The van der Waals surface area contributed by atoms with E-state index in [1.807, 2.05) is 71.0 Å². The van der Waals surface area contributed by atoms with Gasteiger partial charge in [-0.05, 0) is 64.2 Å². The van der Waals surface area contributed by atoms with E-state index < -0.39 is 35.6 Å². The maximum atomic E-state index is 13.9. The highest BCUT2D eigenvalue weighted by Crippen LogP contribution is 2.28. The average Bonchev–Trinajstić information content (AvgIpc) is 2.81. The summed E-state index contributed by atoms with van der Waals surface area (Å²) in [5.74, 6) is -1.28. The quantitative estimate of drug-likeness (QED) is 0.358. The Hall–Kier alpha value is -3.79. The molecule has 0 aliphatic heterocycles. The monoisotopic (exact) mass is 505 g/mol. The molecule has 0 radical (unpaired) electrons. The van der Waals surface area contributed by atoms with Crippen molar-refractivity contribution in [3.63, 3.8) is 0 Å². The molecular weight excluding hydrogens is 466 g/mol. The first-order valence-electron chi connectivity index (χ1n) is 12.5. The van der Waals surface area contributed by atoms with Gasteiger partial charge >= 0.3 is 6.09 Å². The molecule has 0 saturated carbocycles. The van der Waals surface area contributed by atoms with Crippen molar-refractivity contribution in [2.75, 3.05) is 5.32 Å². The Kier molecular flexibility index (Phi) is 9.90. The van der Waals surface area contributed by atoms with Crippen LogP contribution in [0.4, 0.5) is 10.5 Å². The van der Waals surface area contributed by atoms with Gasteiger partial charge in [0.25, 0.3) is 11.8 Å². The fourth-order valence-electron chi connectivity index (χ4n) is 3.99. The summed E-state index contributed by atoms with van der Waals surface area (Å²) in [4.78, 5) is 41.4. The van der Waals surface area contributed by atoms with Crippen LogP contribution in [0.1, 0.15) is 69.3 Å². The Bertz CT molecular complexity index is 1160. The second-order valence-electron chi connectivity index (χ2n) is 10.4. The Morgan fingerprint density at radius 2 is 1.65 bits per heavy atom. The van der Waals surface area contributed by atoms with Gasteiger partial charge in [0, 0.05) is 11.7 Å². The van der Waals surface area contributed by atoms with E-state index in [1.165, 1.54) is 0 Å². The molecule has 0 fully saturated rings. The fraction of sp³-hybridized carbons (Fsp3) is 0.433. The van der Waals surface area contributed by atoms with Crippen molar-refractivity contribution < 1.29 is 19.1 Å². The van der Waals surface area contributed by atoms with Crippen molar-refractivity contribution in [1.29, 1.82) is 0 Å². The summed E-state index contributed by atoms with van der Waals surface area (Å²) in [7, 11) is 0. The molecule has 0 spiro atoms. The lowest BCUT2D eigenvalue weighted by molar-refractivity contribution is -0.137. The van der Waals surface area contributed by atoms with Gasteiger partial charge in [-0.15, -0.1) is 0 Å². The molecule has 2 aromatic carbocycles. The van der Waals surface area contributed by atoms with Crippen molar-refractivity contribution in [2.24, 2.45) is 5.92 Å². The van der Waals surface area contributed by atoms with Gasteiger partial charge in [-0.25, -0.2) is 4.79 Å². The Labute approximate surface area is 221 Å². The highest BCUT2D eigenvalue weighted by Gasteiger charge is 2.38. The van der Waals surface area contributed by atoms with Crippen LogP contribution in [0.15, 0.2) is 42.5 Å². The van der Waals surface area contributed by atoms with Gasteiger partial charge in [-0.2, -0.15) is 0 Å². The van der Waals surface area contributed by atoms with Crippen LogP contribution >= 0.6 is 0 Å². The number of alkyl carbamates (subject to hydrolysis) is 1. The van der Waals surface area contributed by atoms with Gasteiger partial charge in [-0.3, -0.25) is 14.5 Å². The number of terminal acetylenes is 1. The third-order valence-electron chi connectivity index (χ3n) is 6.12. The van der Waals surface area contributed by atoms with Gasteiger partial charge in [-0.1, -0.05) is 74.7 Å². The Morgan fingerprint density at radius 3 is 2.16 bits per heavy atom. The minimum atomic E-state index is -1.12. The number of hydrogen-bond acceptors (Lipinski definition) is 4. The maximum Gasteiger partial charge on any atom is 0.408 e. The molecule has 0 aliphatic rings. The number of rotatable bonds is 8. The van der Waals surface area contributed by atoms with E-state index in [1.54, 1.807) is 26.8 Å². The first-order valence-corrected chi connectivity index (χ1v) is 12.5. The maximum absolute atomic E-state index is 13.9. The number of para-hydroxylation sites is 1. The molecule has 7 heteroatoms. The normalized spacial score (nSPS) is 13.5. The number of amides is 3. The smallest absolute Gasteiger partial charge is 0.408 e. The molecule has 0 bridgehead atoms. The fourth-order valence-corrected chi connectivity index (χ4v) is 3.99. The number of carbonyl (C=O) groups excluding carboxylic acids is 3. The number of ether oxygens (including phenoxy) is 1. The molecule has 3 unspecified atom stereocenters. The molecule has 37 heavy (non-hydrogen) atoms. The van der Waals surface area contributed by atoms with E-state index in [-0.39, 0.29) is 5.92 Å². The van der Waals surface area contributed by atoms with Crippen LogP contribution < -0.4 is 10.6 Å². The standard InChI is InChI=1S/C30H39N3O4/c1-10-20(4)25(32-29(36)37-30(7,8)9)28(35)33(11-2)26(23-17-12-14-19(3)18-23)27(34)31-24-21(5)15-13-16-22(24)6/h2,12-18,20,25-26H,10H2,1,3-9H3,(H,31,34)(H,32,36). The predicted octanol–water partition coefficient (Wildman–Crippen LogP) is 5.65. The second-order valence-corrected chi connectivity index (χ2v) is 10.4. The van der Waals surface area contributed by atoms with E-state index >= 15 is 0 Å². The molecule has 0 aliphatic carbocycles. The summed E-state index contributed by atoms with van der Waals surface area (Å²) in [5.41, 5.74) is 3.18. The van der Waals surface area contributed by atoms with E-state index in [0.29, 0.717) is 17.7 Å². The van der Waals surface area contributed by atoms with Crippen molar-refractivity contribution in [2.45, 2.75) is 79.5 Å². The number of nitrogens with one attached hydrogen (secondary N) is 2. The van der Waals surface area contributed by atoms with E-state index in [9.17, 15) is 14.4 Å². The Balaban J connectivity index is 2.53. The van der Waals surface area contributed by atoms with Crippen LogP contribution in [-0.2, 0) is 14.3 Å². The molecule has 3 atom stereocenters. The average molecular weight is 506 g/mol. The van der Waals surface area contributed by atoms with Gasteiger partial charge < -0.3 is 15.4 Å². The lowest BCUT2D eigenvalue weighted by Gasteiger charge is -2.32. The molecule has 2 aromatic rings. The highest BCUT2D eigenvalue weighted by molar-refractivity contribution is 6.00. The van der Waals surface area contributed by atoms with Gasteiger partial charge in [0.05, 0.1) is 0 Å². The van der Waals surface area contributed by atoms with Crippen LogP contribution in [-0.4, -0.2) is 34.5 Å². The van der Waals surface area contributed by atoms with Crippen molar-refractivity contribution in [1.82, 2.24) is 10.2 Å². The van der Waals surface area contributed by atoms with Gasteiger partial charge in [0.2, 0.25) is 0 Å². The third kappa shape index (κ3) is 7.85. The number of benzene rings is 2.